The number of halogens is 4. The molecule has 3 rings (SSSR count). The van der Waals surface area contributed by atoms with Crippen molar-refractivity contribution in [2.45, 2.75) is 44.1 Å². The van der Waals surface area contributed by atoms with Crippen molar-refractivity contribution in [2.24, 2.45) is 21.5 Å². The lowest BCUT2D eigenvalue weighted by molar-refractivity contribution is -0.274. The van der Waals surface area contributed by atoms with Crippen LogP contribution in [0.1, 0.15) is 32.1 Å². The lowest BCUT2D eigenvalue weighted by atomic mass is 9.87. The minimum atomic E-state index is -4.93. The van der Waals surface area contributed by atoms with Crippen molar-refractivity contribution in [2.75, 3.05) is 4.90 Å². The van der Waals surface area contributed by atoms with Gasteiger partial charge in [-0.25, -0.2) is 9.38 Å². The predicted molar refractivity (Wildman–Crippen MR) is 84.6 cm³/mol. The maximum Gasteiger partial charge on any atom is 0.573 e. The van der Waals surface area contributed by atoms with E-state index < -0.39 is 23.6 Å². The molecule has 1 spiro atoms. The van der Waals surface area contributed by atoms with Gasteiger partial charge in [-0.05, 0) is 31.7 Å². The SMILES string of the molecule is NC1=NC2(CCCCC2)N(c2cc(F)cc(OC(F)(F)F)c2)C(N)=N1. The number of anilines is 1. The molecule has 0 amide bonds. The van der Waals surface area contributed by atoms with Crippen molar-refractivity contribution in [1.82, 2.24) is 0 Å². The largest absolute Gasteiger partial charge is 0.573 e. The first-order valence-electron chi connectivity index (χ1n) is 7.75. The Morgan fingerprint density at radius 1 is 1.08 bits per heavy atom. The second-order valence-electron chi connectivity index (χ2n) is 6.01. The maximum atomic E-state index is 13.9. The maximum absolute atomic E-state index is 13.9. The monoisotopic (exact) mass is 359 g/mol. The standard InChI is InChI=1S/C15H17F4N5O/c16-9-6-10(8-11(7-9)25-15(17,18)19)24-13(21)22-12(20)23-14(24)4-2-1-3-5-14/h6-8H,1-5H2,(H4,20,21,22,23). The summed E-state index contributed by atoms with van der Waals surface area (Å²) in [5.74, 6) is -1.61. The predicted octanol–water partition coefficient (Wildman–Crippen LogP) is 2.83. The molecule has 4 N–H and O–H groups in total. The summed E-state index contributed by atoms with van der Waals surface area (Å²) in [4.78, 5) is 9.71. The minimum Gasteiger partial charge on any atom is -0.406 e. The van der Waals surface area contributed by atoms with Crippen LogP contribution in [0, 0.1) is 5.82 Å². The van der Waals surface area contributed by atoms with Gasteiger partial charge < -0.3 is 16.2 Å². The van der Waals surface area contributed by atoms with E-state index in [1.807, 2.05) is 0 Å². The zero-order valence-corrected chi connectivity index (χ0v) is 13.2. The number of nitrogens with two attached hydrogens (primary N) is 2. The van der Waals surface area contributed by atoms with Crippen molar-refractivity contribution in [1.29, 1.82) is 0 Å². The van der Waals surface area contributed by atoms with Gasteiger partial charge in [0, 0.05) is 12.1 Å². The number of alkyl halides is 3. The highest BCUT2D eigenvalue weighted by molar-refractivity contribution is 6.05. The van der Waals surface area contributed by atoms with Crippen LogP contribution in [0.5, 0.6) is 5.75 Å². The van der Waals surface area contributed by atoms with Crippen LogP contribution in [-0.2, 0) is 0 Å². The van der Waals surface area contributed by atoms with Crippen LogP contribution in [0.3, 0.4) is 0 Å². The Morgan fingerprint density at radius 2 is 1.76 bits per heavy atom. The van der Waals surface area contributed by atoms with Gasteiger partial charge in [-0.2, -0.15) is 4.99 Å². The summed E-state index contributed by atoms with van der Waals surface area (Å²) in [5, 5.41) is 0. The first kappa shape index (κ1) is 17.3. The molecule has 25 heavy (non-hydrogen) atoms. The number of guanidine groups is 2. The van der Waals surface area contributed by atoms with E-state index >= 15 is 0 Å². The molecule has 1 aliphatic heterocycles. The zero-order chi connectivity index (χ0) is 18.2. The summed E-state index contributed by atoms with van der Waals surface area (Å²) in [6, 6.07) is 2.78. The van der Waals surface area contributed by atoms with Crippen molar-refractivity contribution in [3.8, 4) is 5.75 Å². The molecular weight excluding hydrogens is 342 g/mol. The number of hydrogen-bond acceptors (Lipinski definition) is 6. The molecule has 0 saturated heterocycles. The van der Waals surface area contributed by atoms with Gasteiger partial charge in [0.15, 0.2) is 0 Å². The van der Waals surface area contributed by atoms with Gasteiger partial charge in [-0.3, -0.25) is 4.90 Å². The van der Waals surface area contributed by atoms with Crippen molar-refractivity contribution in [3.05, 3.63) is 24.0 Å². The number of nitrogens with zero attached hydrogens (tertiary/aromatic N) is 3. The van der Waals surface area contributed by atoms with Gasteiger partial charge in [0.25, 0.3) is 0 Å². The van der Waals surface area contributed by atoms with Crippen LogP contribution in [0.25, 0.3) is 0 Å². The Balaban J connectivity index is 2.05. The number of ether oxygens (including phenoxy) is 1. The first-order valence-corrected chi connectivity index (χ1v) is 7.75. The quantitative estimate of drug-likeness (QED) is 0.795. The van der Waals surface area contributed by atoms with E-state index in [2.05, 4.69) is 14.7 Å². The van der Waals surface area contributed by atoms with E-state index in [-0.39, 0.29) is 17.6 Å². The van der Waals surface area contributed by atoms with Crippen LogP contribution in [-0.4, -0.2) is 23.9 Å². The summed E-state index contributed by atoms with van der Waals surface area (Å²) in [6.07, 6.45) is -1.11. The molecule has 1 heterocycles. The Hall–Kier alpha value is -2.52. The molecule has 0 bridgehead atoms. The molecule has 1 saturated carbocycles. The van der Waals surface area contributed by atoms with Gasteiger partial charge in [-0.1, -0.05) is 6.42 Å². The highest BCUT2D eigenvalue weighted by atomic mass is 19.4. The van der Waals surface area contributed by atoms with Gasteiger partial charge in [0.05, 0.1) is 5.69 Å². The van der Waals surface area contributed by atoms with E-state index in [1.54, 1.807) is 0 Å². The summed E-state index contributed by atoms with van der Waals surface area (Å²) in [6.45, 7) is 0. The minimum absolute atomic E-state index is 0.00109. The van der Waals surface area contributed by atoms with E-state index in [9.17, 15) is 17.6 Å². The third-order valence-corrected chi connectivity index (χ3v) is 4.20. The molecule has 1 aromatic carbocycles. The lowest BCUT2D eigenvalue weighted by Crippen LogP contribution is -2.58. The molecule has 136 valence electrons. The van der Waals surface area contributed by atoms with Gasteiger partial charge >= 0.3 is 6.36 Å². The van der Waals surface area contributed by atoms with E-state index in [1.165, 1.54) is 4.90 Å². The molecule has 0 aromatic heterocycles. The lowest BCUT2D eigenvalue weighted by Gasteiger charge is -2.45. The second-order valence-corrected chi connectivity index (χ2v) is 6.01. The normalized spacial score (nSPS) is 20.2. The van der Waals surface area contributed by atoms with Crippen LogP contribution >= 0.6 is 0 Å². The highest BCUT2D eigenvalue weighted by Gasteiger charge is 2.43. The fourth-order valence-electron chi connectivity index (χ4n) is 3.36. The smallest absolute Gasteiger partial charge is 0.406 e. The molecule has 1 fully saturated rings. The fourth-order valence-corrected chi connectivity index (χ4v) is 3.36. The van der Waals surface area contributed by atoms with Crippen molar-refractivity contribution >= 4 is 17.6 Å². The molecule has 6 nitrogen and oxygen atoms in total. The van der Waals surface area contributed by atoms with E-state index in [0.29, 0.717) is 18.9 Å². The van der Waals surface area contributed by atoms with E-state index in [4.69, 9.17) is 11.5 Å². The van der Waals surface area contributed by atoms with Crippen LogP contribution < -0.4 is 21.1 Å². The van der Waals surface area contributed by atoms with Gasteiger partial charge in [-0.15, -0.1) is 13.2 Å². The second kappa shape index (κ2) is 6.08. The molecule has 0 atom stereocenters. The van der Waals surface area contributed by atoms with Crippen LogP contribution in [0.15, 0.2) is 28.2 Å². The zero-order valence-electron chi connectivity index (χ0n) is 13.2. The average molecular weight is 359 g/mol. The molecule has 2 aliphatic rings. The summed E-state index contributed by atoms with van der Waals surface area (Å²) in [7, 11) is 0. The van der Waals surface area contributed by atoms with E-state index in [0.717, 1.165) is 31.4 Å². The highest BCUT2D eigenvalue weighted by Crippen LogP contribution is 2.40. The fraction of sp³-hybridized carbons (Fsp3) is 0.467. The topological polar surface area (TPSA) is 89.2 Å². The number of rotatable bonds is 2. The molecule has 0 radical (unpaired) electrons. The third kappa shape index (κ3) is 3.62. The van der Waals surface area contributed by atoms with Gasteiger partial charge in [0.2, 0.25) is 11.9 Å². The number of aliphatic imine (C=N–C) groups is 2. The molecule has 1 aromatic rings. The summed E-state index contributed by atoms with van der Waals surface area (Å²) >= 11 is 0. The van der Waals surface area contributed by atoms with Crippen molar-refractivity contribution in [3.63, 3.8) is 0 Å². The van der Waals surface area contributed by atoms with Crippen LogP contribution in [0.2, 0.25) is 0 Å². The summed E-state index contributed by atoms with van der Waals surface area (Å²) < 4.78 is 55.2. The Morgan fingerprint density at radius 3 is 2.40 bits per heavy atom. The Labute approximate surface area is 141 Å². The average Bonchev–Trinajstić information content (AvgIpc) is 2.44. The Bertz CT molecular complexity index is 725. The Kier molecular flexibility index (Phi) is 4.21. The molecule has 10 heteroatoms. The van der Waals surface area contributed by atoms with Gasteiger partial charge in [0.1, 0.15) is 17.2 Å². The third-order valence-electron chi connectivity index (χ3n) is 4.20. The van der Waals surface area contributed by atoms with Crippen molar-refractivity contribution < 1.29 is 22.3 Å². The number of benzene rings is 1. The molecular formula is C15H17F4N5O. The molecule has 0 unspecified atom stereocenters. The van der Waals surface area contributed by atoms with Crippen LogP contribution in [0.4, 0.5) is 23.2 Å². The first-order chi connectivity index (χ1) is 11.7. The molecule has 1 aliphatic carbocycles. The number of hydrogen-bond donors (Lipinski definition) is 2. The summed E-state index contributed by atoms with van der Waals surface area (Å²) in [5.41, 5.74) is 10.9.